The van der Waals surface area contributed by atoms with Gasteiger partial charge in [0, 0.05) is 12.2 Å². The van der Waals surface area contributed by atoms with Crippen molar-refractivity contribution < 1.29 is 13.9 Å². The Morgan fingerprint density at radius 3 is 2.84 bits per heavy atom. The average molecular weight is 360 g/mol. The Morgan fingerprint density at radius 2 is 2.12 bits per heavy atom. The third kappa shape index (κ3) is 4.78. The maximum Gasteiger partial charge on any atom is 0.287 e. The Hall–Kier alpha value is -1.95. The molecule has 1 aliphatic rings. The topological polar surface area (TPSA) is 64.4 Å². The van der Waals surface area contributed by atoms with Gasteiger partial charge in [0.05, 0.1) is 17.6 Å². The number of amides is 1. The summed E-state index contributed by atoms with van der Waals surface area (Å²) in [5, 5.41) is 3.08. The lowest BCUT2D eigenvalue weighted by Gasteiger charge is -2.29. The first-order chi connectivity index (χ1) is 12.2. The molecule has 25 heavy (non-hydrogen) atoms. The summed E-state index contributed by atoms with van der Waals surface area (Å²) in [6.45, 7) is 1.95. The van der Waals surface area contributed by atoms with Gasteiger partial charge in [0.15, 0.2) is 5.76 Å². The predicted molar refractivity (Wildman–Crippen MR) is 99.0 cm³/mol. The second-order valence-corrected chi connectivity index (χ2v) is 7.22. The van der Waals surface area contributed by atoms with E-state index in [0.29, 0.717) is 5.76 Å². The average Bonchev–Trinajstić information content (AvgIpc) is 3.08. The van der Waals surface area contributed by atoms with Gasteiger partial charge in [0.2, 0.25) is 0 Å². The Labute approximate surface area is 152 Å². The first-order valence-corrected chi connectivity index (χ1v) is 10.0. The summed E-state index contributed by atoms with van der Waals surface area (Å²) in [4.78, 5) is 16.6. The molecule has 6 heteroatoms. The molecule has 0 bridgehead atoms. The molecule has 2 aromatic rings. The first-order valence-electron chi connectivity index (χ1n) is 8.62. The second kappa shape index (κ2) is 8.43. The van der Waals surface area contributed by atoms with Crippen LogP contribution >= 0.6 is 11.8 Å². The van der Waals surface area contributed by atoms with Gasteiger partial charge in [-0.3, -0.25) is 9.78 Å². The summed E-state index contributed by atoms with van der Waals surface area (Å²) in [6.07, 6.45) is 7.64. The van der Waals surface area contributed by atoms with E-state index in [4.69, 9.17) is 9.15 Å². The highest BCUT2D eigenvalue weighted by molar-refractivity contribution is 7.97. The number of aromatic nitrogens is 1. The van der Waals surface area contributed by atoms with E-state index in [2.05, 4.69) is 10.3 Å². The van der Waals surface area contributed by atoms with E-state index >= 15 is 0 Å². The summed E-state index contributed by atoms with van der Waals surface area (Å²) in [7, 11) is 0. The van der Waals surface area contributed by atoms with Gasteiger partial charge in [-0.05, 0) is 63.1 Å². The molecule has 134 valence electrons. The van der Waals surface area contributed by atoms with Crippen LogP contribution in [0.15, 0.2) is 34.9 Å². The van der Waals surface area contributed by atoms with Crippen molar-refractivity contribution in [1.29, 1.82) is 0 Å². The second-order valence-electron chi connectivity index (χ2n) is 6.35. The fourth-order valence-electron chi connectivity index (χ4n) is 3.07. The molecule has 1 saturated carbocycles. The van der Waals surface area contributed by atoms with E-state index in [1.807, 2.05) is 31.4 Å². The van der Waals surface area contributed by atoms with Crippen molar-refractivity contribution in [2.45, 2.75) is 50.5 Å². The standard InChI is InChI=1S/C19H24N2O3S/c1-13-17(4-3-11-20-13)23-15-7-5-14(6-8-15)21-19(22)18-10-9-16(24-18)12-25-2/h3-4,9-11,14-15H,5-8,12H2,1-2H3,(H,21,22). The van der Waals surface area contributed by atoms with Crippen molar-refractivity contribution in [1.82, 2.24) is 10.3 Å². The Kier molecular flexibility index (Phi) is 6.02. The number of carbonyl (C=O) groups is 1. The lowest BCUT2D eigenvalue weighted by molar-refractivity contribution is 0.0865. The van der Waals surface area contributed by atoms with E-state index in [1.54, 1.807) is 24.0 Å². The molecular formula is C19H24N2O3S. The Balaban J connectivity index is 1.47. The minimum absolute atomic E-state index is 0.125. The third-order valence-corrected chi connectivity index (χ3v) is 5.01. The molecule has 0 aromatic carbocycles. The number of aryl methyl sites for hydroxylation is 1. The molecule has 0 aliphatic heterocycles. The molecule has 0 atom stereocenters. The lowest BCUT2D eigenvalue weighted by atomic mass is 9.93. The summed E-state index contributed by atoms with van der Waals surface area (Å²) < 4.78 is 11.6. The molecule has 0 unspecified atom stereocenters. The summed E-state index contributed by atoms with van der Waals surface area (Å²) in [5.41, 5.74) is 0.914. The number of carbonyl (C=O) groups excluding carboxylic acids is 1. The third-order valence-electron chi connectivity index (χ3n) is 4.43. The summed E-state index contributed by atoms with van der Waals surface area (Å²) >= 11 is 1.67. The molecule has 1 fully saturated rings. The van der Waals surface area contributed by atoms with Crippen LogP contribution in [-0.4, -0.2) is 29.3 Å². The van der Waals surface area contributed by atoms with Crippen LogP contribution in [0.25, 0.3) is 0 Å². The number of rotatable bonds is 6. The summed E-state index contributed by atoms with van der Waals surface area (Å²) in [5.74, 6) is 2.74. The molecule has 2 heterocycles. The van der Waals surface area contributed by atoms with Crippen LogP contribution < -0.4 is 10.1 Å². The van der Waals surface area contributed by atoms with Crippen molar-refractivity contribution in [2.24, 2.45) is 0 Å². The number of pyridine rings is 1. The number of thioether (sulfide) groups is 1. The SMILES string of the molecule is CSCc1ccc(C(=O)NC2CCC(Oc3cccnc3C)CC2)o1. The van der Waals surface area contributed by atoms with Gasteiger partial charge >= 0.3 is 0 Å². The number of nitrogens with zero attached hydrogens (tertiary/aromatic N) is 1. The van der Waals surface area contributed by atoms with Crippen molar-refractivity contribution in [3.05, 3.63) is 47.7 Å². The molecule has 0 radical (unpaired) electrons. The molecule has 1 aliphatic carbocycles. The van der Waals surface area contributed by atoms with Crippen molar-refractivity contribution >= 4 is 17.7 Å². The maximum absolute atomic E-state index is 12.3. The van der Waals surface area contributed by atoms with Gasteiger partial charge in [0.1, 0.15) is 11.5 Å². The van der Waals surface area contributed by atoms with Crippen LogP contribution in [0.3, 0.4) is 0 Å². The monoisotopic (exact) mass is 360 g/mol. The predicted octanol–water partition coefficient (Wildman–Crippen LogP) is 3.97. The smallest absolute Gasteiger partial charge is 0.287 e. The van der Waals surface area contributed by atoms with Crippen LogP contribution in [0.5, 0.6) is 5.75 Å². The number of nitrogens with one attached hydrogen (secondary N) is 1. The van der Waals surface area contributed by atoms with Gasteiger partial charge in [-0.2, -0.15) is 11.8 Å². The molecule has 2 aromatic heterocycles. The number of hydrogen-bond donors (Lipinski definition) is 1. The fraction of sp³-hybridized carbons (Fsp3) is 0.474. The molecule has 5 nitrogen and oxygen atoms in total. The van der Waals surface area contributed by atoms with Crippen molar-refractivity contribution in [2.75, 3.05) is 6.26 Å². The fourth-order valence-corrected chi connectivity index (χ4v) is 3.51. The largest absolute Gasteiger partial charge is 0.489 e. The number of hydrogen-bond acceptors (Lipinski definition) is 5. The maximum atomic E-state index is 12.3. The van der Waals surface area contributed by atoms with Gasteiger partial charge in [-0.15, -0.1) is 0 Å². The highest BCUT2D eigenvalue weighted by Gasteiger charge is 2.25. The quantitative estimate of drug-likeness (QED) is 0.844. The van der Waals surface area contributed by atoms with Crippen molar-refractivity contribution in [3.63, 3.8) is 0 Å². The van der Waals surface area contributed by atoms with Crippen LogP contribution in [0.1, 0.15) is 47.7 Å². The highest BCUT2D eigenvalue weighted by atomic mass is 32.2. The van der Waals surface area contributed by atoms with Crippen LogP contribution in [0.4, 0.5) is 0 Å². The summed E-state index contributed by atoms with van der Waals surface area (Å²) in [6, 6.07) is 7.64. The van der Waals surface area contributed by atoms with E-state index < -0.39 is 0 Å². The van der Waals surface area contributed by atoms with E-state index in [-0.39, 0.29) is 18.1 Å². The minimum atomic E-state index is -0.125. The molecule has 1 N–H and O–H groups in total. The van der Waals surface area contributed by atoms with E-state index in [0.717, 1.165) is 48.6 Å². The zero-order valence-corrected chi connectivity index (χ0v) is 15.5. The van der Waals surface area contributed by atoms with Gasteiger partial charge in [-0.25, -0.2) is 0 Å². The van der Waals surface area contributed by atoms with Crippen molar-refractivity contribution in [3.8, 4) is 5.75 Å². The Morgan fingerprint density at radius 1 is 1.32 bits per heavy atom. The van der Waals surface area contributed by atoms with Crippen LogP contribution in [-0.2, 0) is 5.75 Å². The normalized spacial score (nSPS) is 20.2. The zero-order chi connectivity index (χ0) is 17.6. The highest BCUT2D eigenvalue weighted by Crippen LogP contribution is 2.25. The lowest BCUT2D eigenvalue weighted by Crippen LogP contribution is -2.39. The van der Waals surface area contributed by atoms with Gasteiger partial charge in [0.25, 0.3) is 5.91 Å². The van der Waals surface area contributed by atoms with Gasteiger partial charge in [-0.1, -0.05) is 0 Å². The molecule has 0 spiro atoms. The minimum Gasteiger partial charge on any atom is -0.489 e. The molecule has 1 amide bonds. The molecule has 0 saturated heterocycles. The Bertz CT molecular complexity index is 708. The zero-order valence-electron chi connectivity index (χ0n) is 14.7. The molecular weight excluding hydrogens is 336 g/mol. The first kappa shape index (κ1) is 17.9. The number of furan rings is 1. The van der Waals surface area contributed by atoms with Crippen LogP contribution in [0, 0.1) is 6.92 Å². The molecule has 3 rings (SSSR count). The van der Waals surface area contributed by atoms with E-state index in [1.165, 1.54) is 0 Å². The van der Waals surface area contributed by atoms with Gasteiger partial charge < -0.3 is 14.5 Å². The van der Waals surface area contributed by atoms with Crippen LogP contribution in [0.2, 0.25) is 0 Å². The number of ether oxygens (including phenoxy) is 1. The van der Waals surface area contributed by atoms with E-state index in [9.17, 15) is 4.79 Å².